The van der Waals surface area contributed by atoms with Crippen LogP contribution in [0.25, 0.3) is 0 Å². The first kappa shape index (κ1) is 46.1. The first-order valence-electron chi connectivity index (χ1n) is 16.8. The number of nitrogens with two attached hydrogens (primary N) is 5. The van der Waals surface area contributed by atoms with E-state index in [0.717, 1.165) is 0 Å². The Morgan fingerprint density at radius 3 is 1.57 bits per heavy atom. The predicted octanol–water partition coefficient (Wildman–Crippen LogP) is -3.94. The number of amides is 8. The van der Waals surface area contributed by atoms with Crippen molar-refractivity contribution in [1.29, 1.82) is 0 Å². The molecule has 0 radical (unpaired) electrons. The van der Waals surface area contributed by atoms with E-state index in [0.29, 0.717) is 19.3 Å². The molecule has 0 aromatic rings. The van der Waals surface area contributed by atoms with E-state index in [2.05, 4.69) is 26.6 Å². The number of carbonyl (C=O) groups is 9. The number of unbranched alkanes of at least 4 members (excludes halogenated alkanes) is 1. The number of nitrogens with one attached hydrogen (secondary N) is 5. The summed E-state index contributed by atoms with van der Waals surface area (Å²) in [4.78, 5) is 112. The third-order valence-corrected chi connectivity index (χ3v) is 7.80. The van der Waals surface area contributed by atoms with Gasteiger partial charge in [-0.3, -0.25) is 38.4 Å². The van der Waals surface area contributed by atoms with Crippen LogP contribution in [-0.4, -0.2) is 101 Å². The Bertz CT molecular complexity index is 1250. The lowest BCUT2D eigenvalue weighted by atomic mass is 9.96. The molecule has 0 saturated carbocycles. The highest BCUT2D eigenvalue weighted by Gasteiger charge is 2.35. The van der Waals surface area contributed by atoms with Crippen molar-refractivity contribution in [2.75, 3.05) is 6.54 Å². The summed E-state index contributed by atoms with van der Waals surface area (Å²) in [6.07, 6.45) is -0.555. The van der Waals surface area contributed by atoms with Gasteiger partial charge >= 0.3 is 5.97 Å². The minimum absolute atomic E-state index is 0.0311. The average molecular weight is 729 g/mol. The summed E-state index contributed by atoms with van der Waals surface area (Å²) in [5.74, 6) is -9.03. The Balaban J connectivity index is 6.29. The molecule has 0 fully saturated rings. The standard InChI is InChI=1S/C31H56N10O10/c1-5-16(4)25(41-29(48)20(12-15(2)3)39-26(45)17(33)13-23(35)43)30(49)38-18(8-6-7-11-32)27(46)37-19(9-10-22(34)42)28(47)40-21(31(50)51)14-24(36)44/h15-21,25H,5-14,32-33H2,1-4H3,(H2,34,42)(H2,35,43)(H2,36,44)(H,37,46)(H,38,49)(H,39,45)(H,40,47)(H,41,48)(H,50,51)/t16-,17-,18-,19-,20-,21-,25-/m0/s1. The fraction of sp³-hybridized carbons (Fsp3) is 0.710. The lowest BCUT2D eigenvalue weighted by Gasteiger charge is -2.29. The van der Waals surface area contributed by atoms with Gasteiger partial charge in [0.15, 0.2) is 0 Å². The van der Waals surface area contributed by atoms with E-state index in [9.17, 15) is 48.3 Å². The Labute approximate surface area is 296 Å². The maximum atomic E-state index is 13.7. The molecule has 16 N–H and O–H groups in total. The van der Waals surface area contributed by atoms with Gasteiger partial charge in [-0.15, -0.1) is 0 Å². The summed E-state index contributed by atoms with van der Waals surface area (Å²) >= 11 is 0. The molecule has 20 heteroatoms. The Morgan fingerprint density at radius 2 is 1.10 bits per heavy atom. The quantitative estimate of drug-likeness (QED) is 0.0380. The molecule has 51 heavy (non-hydrogen) atoms. The second-order valence-corrected chi connectivity index (χ2v) is 12.8. The molecule has 0 spiro atoms. The molecule has 0 bridgehead atoms. The molecule has 0 aromatic heterocycles. The van der Waals surface area contributed by atoms with Gasteiger partial charge in [-0.05, 0) is 50.5 Å². The second kappa shape index (κ2) is 23.5. The molecule has 20 nitrogen and oxygen atoms in total. The van der Waals surface area contributed by atoms with Gasteiger partial charge in [0.2, 0.25) is 47.3 Å². The largest absolute Gasteiger partial charge is 0.480 e. The topological polar surface area (TPSA) is 364 Å². The van der Waals surface area contributed by atoms with Gasteiger partial charge in [0.1, 0.15) is 30.2 Å². The second-order valence-electron chi connectivity index (χ2n) is 12.8. The number of hydrogen-bond acceptors (Lipinski definition) is 11. The first-order chi connectivity index (χ1) is 23.7. The summed E-state index contributed by atoms with van der Waals surface area (Å²) in [6, 6.07) is -8.20. The molecular weight excluding hydrogens is 672 g/mol. The molecule has 290 valence electrons. The zero-order valence-corrected chi connectivity index (χ0v) is 29.7. The van der Waals surface area contributed by atoms with Crippen molar-refractivity contribution in [2.24, 2.45) is 40.5 Å². The van der Waals surface area contributed by atoms with Crippen LogP contribution < -0.4 is 55.3 Å². The van der Waals surface area contributed by atoms with E-state index >= 15 is 0 Å². The summed E-state index contributed by atoms with van der Waals surface area (Å²) in [6.45, 7) is 7.32. The van der Waals surface area contributed by atoms with Gasteiger partial charge in [0.05, 0.1) is 18.9 Å². The maximum Gasteiger partial charge on any atom is 0.326 e. The Kier molecular flexibility index (Phi) is 21.3. The van der Waals surface area contributed by atoms with Gasteiger partial charge in [-0.25, -0.2) is 4.79 Å². The summed E-state index contributed by atoms with van der Waals surface area (Å²) in [7, 11) is 0. The number of carboxylic acid groups (broad SMARTS) is 1. The van der Waals surface area contributed by atoms with Crippen molar-refractivity contribution in [3.63, 3.8) is 0 Å². The maximum absolute atomic E-state index is 13.7. The van der Waals surface area contributed by atoms with Crippen LogP contribution in [0.4, 0.5) is 0 Å². The molecule has 0 heterocycles. The van der Waals surface area contributed by atoms with Crippen LogP contribution in [-0.2, 0) is 43.2 Å². The highest BCUT2D eigenvalue weighted by Crippen LogP contribution is 2.13. The fourth-order valence-electron chi connectivity index (χ4n) is 4.77. The molecule has 0 saturated heterocycles. The molecule has 0 aliphatic heterocycles. The molecule has 0 aromatic carbocycles. The number of hydrogen-bond donors (Lipinski definition) is 11. The van der Waals surface area contributed by atoms with Crippen LogP contribution in [0.3, 0.4) is 0 Å². The van der Waals surface area contributed by atoms with Crippen LogP contribution in [0.15, 0.2) is 0 Å². The van der Waals surface area contributed by atoms with Crippen molar-refractivity contribution in [2.45, 2.75) is 122 Å². The lowest BCUT2D eigenvalue weighted by Crippen LogP contribution is -2.60. The highest BCUT2D eigenvalue weighted by molar-refractivity contribution is 5.97. The van der Waals surface area contributed by atoms with Crippen molar-refractivity contribution in [3.05, 3.63) is 0 Å². The monoisotopic (exact) mass is 728 g/mol. The normalized spacial score (nSPS) is 15.1. The molecule has 0 aliphatic carbocycles. The lowest BCUT2D eigenvalue weighted by molar-refractivity contribution is -0.144. The number of carboxylic acids is 1. The van der Waals surface area contributed by atoms with E-state index in [4.69, 9.17) is 28.7 Å². The molecule has 8 amide bonds. The third-order valence-electron chi connectivity index (χ3n) is 7.80. The smallest absolute Gasteiger partial charge is 0.326 e. The average Bonchev–Trinajstić information content (AvgIpc) is 3.02. The van der Waals surface area contributed by atoms with Gasteiger partial charge < -0.3 is 60.4 Å². The van der Waals surface area contributed by atoms with E-state index in [-0.39, 0.29) is 38.1 Å². The van der Waals surface area contributed by atoms with Crippen molar-refractivity contribution in [1.82, 2.24) is 26.6 Å². The summed E-state index contributed by atoms with van der Waals surface area (Å²) < 4.78 is 0. The predicted molar refractivity (Wildman–Crippen MR) is 183 cm³/mol. The fourth-order valence-corrected chi connectivity index (χ4v) is 4.77. The minimum atomic E-state index is -1.73. The third kappa shape index (κ3) is 18.6. The van der Waals surface area contributed by atoms with E-state index < -0.39 is 108 Å². The van der Waals surface area contributed by atoms with Crippen LogP contribution >= 0.6 is 0 Å². The van der Waals surface area contributed by atoms with E-state index in [1.165, 1.54) is 0 Å². The zero-order valence-electron chi connectivity index (χ0n) is 29.7. The Hall–Kier alpha value is -4.85. The SMILES string of the molecule is CC[C@H](C)[C@H](NC(=O)[C@H](CC(C)C)NC(=O)[C@@H](N)CC(N)=O)C(=O)N[C@@H](CCCCN)C(=O)N[C@@H](CCC(N)=O)C(=O)N[C@@H](CC(N)=O)C(=O)O. The highest BCUT2D eigenvalue weighted by atomic mass is 16.4. The van der Waals surface area contributed by atoms with E-state index in [1.54, 1.807) is 27.7 Å². The van der Waals surface area contributed by atoms with Crippen molar-refractivity contribution < 1.29 is 48.3 Å². The molecule has 7 atom stereocenters. The summed E-state index contributed by atoms with van der Waals surface area (Å²) in [5, 5.41) is 21.7. The number of rotatable bonds is 26. The van der Waals surface area contributed by atoms with E-state index in [1.807, 2.05) is 0 Å². The Morgan fingerprint density at radius 1 is 0.608 bits per heavy atom. The van der Waals surface area contributed by atoms with Crippen molar-refractivity contribution >= 4 is 53.2 Å². The van der Waals surface area contributed by atoms with Crippen LogP contribution in [0.5, 0.6) is 0 Å². The minimum Gasteiger partial charge on any atom is -0.480 e. The molecule has 0 rings (SSSR count). The van der Waals surface area contributed by atoms with Crippen LogP contribution in [0.1, 0.15) is 85.5 Å². The summed E-state index contributed by atoms with van der Waals surface area (Å²) in [5.41, 5.74) is 26.8. The first-order valence-corrected chi connectivity index (χ1v) is 16.8. The molecule has 0 aliphatic rings. The molecule has 0 unspecified atom stereocenters. The van der Waals surface area contributed by atoms with Gasteiger partial charge in [0, 0.05) is 6.42 Å². The molecular formula is C31H56N10O10. The number of primary amides is 3. The van der Waals surface area contributed by atoms with Crippen LogP contribution in [0, 0.1) is 11.8 Å². The van der Waals surface area contributed by atoms with Crippen molar-refractivity contribution in [3.8, 4) is 0 Å². The van der Waals surface area contributed by atoms with Crippen LogP contribution in [0.2, 0.25) is 0 Å². The van der Waals surface area contributed by atoms with Gasteiger partial charge in [-0.1, -0.05) is 34.1 Å². The van der Waals surface area contributed by atoms with Gasteiger partial charge in [0.25, 0.3) is 0 Å². The number of carbonyl (C=O) groups excluding carboxylic acids is 8. The number of aliphatic carboxylic acids is 1. The zero-order chi connectivity index (χ0) is 39.4. The van der Waals surface area contributed by atoms with Gasteiger partial charge in [-0.2, -0.15) is 0 Å².